The van der Waals surface area contributed by atoms with Gasteiger partial charge in [0.15, 0.2) is 5.96 Å². The van der Waals surface area contributed by atoms with Gasteiger partial charge in [-0.15, -0.1) is 0 Å². The second kappa shape index (κ2) is 15.4. The van der Waals surface area contributed by atoms with Crippen molar-refractivity contribution in [2.45, 2.75) is 70.6 Å². The molecule has 3 amide bonds. The molecule has 10 N–H and O–H groups in total. The molecule has 0 aliphatic rings. The van der Waals surface area contributed by atoms with E-state index in [9.17, 15) is 24.3 Å². The minimum absolute atomic E-state index is 0.0930. The predicted molar refractivity (Wildman–Crippen MR) is 137 cm³/mol. The molecule has 0 fully saturated rings. The van der Waals surface area contributed by atoms with E-state index in [-0.39, 0.29) is 31.3 Å². The lowest BCUT2D eigenvalue weighted by atomic mass is 9.98. The third-order valence-electron chi connectivity index (χ3n) is 5.68. The van der Waals surface area contributed by atoms with Crippen LogP contribution in [0.25, 0.3) is 0 Å². The molecular formula is C24H39N7O5. The minimum atomic E-state index is -1.16. The summed E-state index contributed by atoms with van der Waals surface area (Å²) in [6.07, 6.45) is 1.21. The van der Waals surface area contributed by atoms with Crippen LogP contribution in [0, 0.1) is 5.92 Å². The monoisotopic (exact) mass is 505 g/mol. The van der Waals surface area contributed by atoms with E-state index < -0.39 is 47.9 Å². The van der Waals surface area contributed by atoms with E-state index in [1.54, 1.807) is 31.2 Å². The van der Waals surface area contributed by atoms with Crippen molar-refractivity contribution in [2.75, 3.05) is 6.54 Å². The summed E-state index contributed by atoms with van der Waals surface area (Å²) in [5.74, 6) is -3.37. The highest BCUT2D eigenvalue weighted by atomic mass is 16.4. The largest absolute Gasteiger partial charge is 0.480 e. The molecule has 12 nitrogen and oxygen atoms in total. The smallest absolute Gasteiger partial charge is 0.326 e. The minimum Gasteiger partial charge on any atom is -0.480 e. The van der Waals surface area contributed by atoms with Crippen molar-refractivity contribution in [1.82, 2.24) is 16.0 Å². The number of carboxylic acid groups (broad SMARTS) is 1. The SMILES string of the molecule is CCC(C)C(NC(=O)C(Cc1ccccc1)NC(=O)C(CCCN=C(N)N)NC(=O)C(C)N)C(=O)O. The summed E-state index contributed by atoms with van der Waals surface area (Å²) in [6.45, 7) is 5.27. The summed E-state index contributed by atoms with van der Waals surface area (Å²) >= 11 is 0. The first-order valence-electron chi connectivity index (χ1n) is 11.9. The van der Waals surface area contributed by atoms with E-state index in [1.807, 2.05) is 13.0 Å². The van der Waals surface area contributed by atoms with Gasteiger partial charge in [-0.05, 0) is 31.2 Å². The normalized spacial score (nSPS) is 14.9. The van der Waals surface area contributed by atoms with E-state index >= 15 is 0 Å². The lowest BCUT2D eigenvalue weighted by molar-refractivity contribution is -0.143. The third-order valence-corrected chi connectivity index (χ3v) is 5.68. The molecule has 0 aliphatic carbocycles. The Labute approximate surface area is 211 Å². The maximum atomic E-state index is 13.2. The molecular weight excluding hydrogens is 466 g/mol. The average Bonchev–Trinajstić information content (AvgIpc) is 2.83. The number of hydrogen-bond donors (Lipinski definition) is 7. The predicted octanol–water partition coefficient (Wildman–Crippen LogP) is -0.785. The second-order valence-corrected chi connectivity index (χ2v) is 8.76. The molecule has 0 heterocycles. The first kappa shape index (κ1) is 30.4. The topological polar surface area (TPSA) is 215 Å². The Morgan fingerprint density at radius 3 is 2.06 bits per heavy atom. The van der Waals surface area contributed by atoms with Crippen LogP contribution in [-0.4, -0.2) is 65.5 Å². The molecule has 200 valence electrons. The van der Waals surface area contributed by atoms with E-state index in [4.69, 9.17) is 17.2 Å². The Balaban J connectivity index is 3.12. The summed E-state index contributed by atoms with van der Waals surface area (Å²) in [7, 11) is 0. The summed E-state index contributed by atoms with van der Waals surface area (Å²) in [5.41, 5.74) is 17.1. The van der Waals surface area contributed by atoms with Gasteiger partial charge in [0.05, 0.1) is 6.04 Å². The molecule has 0 radical (unpaired) electrons. The number of amides is 3. The van der Waals surface area contributed by atoms with Gasteiger partial charge in [-0.1, -0.05) is 50.6 Å². The second-order valence-electron chi connectivity index (χ2n) is 8.76. The fraction of sp³-hybridized carbons (Fsp3) is 0.542. The fourth-order valence-corrected chi connectivity index (χ4v) is 3.34. The summed E-state index contributed by atoms with van der Waals surface area (Å²) < 4.78 is 0. The van der Waals surface area contributed by atoms with Crippen molar-refractivity contribution < 1.29 is 24.3 Å². The van der Waals surface area contributed by atoms with Gasteiger partial charge in [0.1, 0.15) is 18.1 Å². The van der Waals surface area contributed by atoms with Gasteiger partial charge in [0.25, 0.3) is 0 Å². The fourth-order valence-electron chi connectivity index (χ4n) is 3.34. The number of aliphatic carboxylic acids is 1. The number of carbonyl (C=O) groups is 4. The standard InChI is InChI=1S/C24H39N7O5/c1-4-14(2)19(23(35)36)31-22(34)18(13-16-9-6-5-7-10-16)30-21(33)17(29-20(32)15(3)25)11-8-12-28-24(26)27/h5-7,9-10,14-15,17-19H,4,8,11-13,25H2,1-3H3,(H,29,32)(H,30,33)(H,31,34)(H,35,36)(H4,26,27,28). The highest BCUT2D eigenvalue weighted by Crippen LogP contribution is 2.10. The lowest BCUT2D eigenvalue weighted by Crippen LogP contribution is -2.58. The number of aliphatic imine (C=N–C) groups is 1. The Hall–Kier alpha value is -3.67. The molecule has 0 aromatic heterocycles. The first-order valence-corrected chi connectivity index (χ1v) is 11.9. The molecule has 0 saturated heterocycles. The van der Waals surface area contributed by atoms with Gasteiger partial charge in [-0.25, -0.2) is 4.79 Å². The lowest BCUT2D eigenvalue weighted by Gasteiger charge is -2.26. The van der Waals surface area contributed by atoms with E-state index in [0.29, 0.717) is 12.8 Å². The van der Waals surface area contributed by atoms with Gasteiger partial charge in [-0.3, -0.25) is 19.4 Å². The van der Waals surface area contributed by atoms with Crippen molar-refractivity contribution in [2.24, 2.45) is 28.1 Å². The average molecular weight is 506 g/mol. The number of hydrogen-bond acceptors (Lipinski definition) is 6. The number of benzene rings is 1. The molecule has 0 bridgehead atoms. The maximum Gasteiger partial charge on any atom is 0.326 e. The van der Waals surface area contributed by atoms with Crippen molar-refractivity contribution >= 4 is 29.7 Å². The molecule has 0 spiro atoms. The highest BCUT2D eigenvalue weighted by molar-refractivity contribution is 5.94. The van der Waals surface area contributed by atoms with Crippen molar-refractivity contribution in [3.05, 3.63) is 35.9 Å². The molecule has 5 unspecified atom stereocenters. The molecule has 1 aromatic rings. The Bertz CT molecular complexity index is 903. The maximum absolute atomic E-state index is 13.2. The van der Waals surface area contributed by atoms with Crippen molar-refractivity contribution in [3.8, 4) is 0 Å². The van der Waals surface area contributed by atoms with Crippen molar-refractivity contribution in [1.29, 1.82) is 0 Å². The number of rotatable bonds is 15. The van der Waals surface area contributed by atoms with Gasteiger partial charge < -0.3 is 38.3 Å². The zero-order valence-corrected chi connectivity index (χ0v) is 21.1. The highest BCUT2D eigenvalue weighted by Gasteiger charge is 2.31. The van der Waals surface area contributed by atoms with Crippen LogP contribution in [0.5, 0.6) is 0 Å². The quantitative estimate of drug-likeness (QED) is 0.0908. The Morgan fingerprint density at radius 2 is 1.53 bits per heavy atom. The van der Waals surface area contributed by atoms with Crippen LogP contribution in [0.15, 0.2) is 35.3 Å². The van der Waals surface area contributed by atoms with Gasteiger partial charge in [0, 0.05) is 13.0 Å². The van der Waals surface area contributed by atoms with Crippen LogP contribution >= 0.6 is 0 Å². The van der Waals surface area contributed by atoms with Crippen LogP contribution in [-0.2, 0) is 25.6 Å². The molecule has 12 heteroatoms. The van der Waals surface area contributed by atoms with Crippen molar-refractivity contribution in [3.63, 3.8) is 0 Å². The molecule has 0 saturated carbocycles. The zero-order chi connectivity index (χ0) is 27.3. The summed E-state index contributed by atoms with van der Waals surface area (Å²) in [6, 6.07) is 4.92. The van der Waals surface area contributed by atoms with E-state index in [2.05, 4.69) is 20.9 Å². The third kappa shape index (κ3) is 10.7. The van der Waals surface area contributed by atoms with E-state index in [0.717, 1.165) is 5.56 Å². The Kier molecular flexibility index (Phi) is 12.9. The number of nitrogens with zero attached hydrogens (tertiary/aromatic N) is 1. The first-order chi connectivity index (χ1) is 17.0. The van der Waals surface area contributed by atoms with Crippen LogP contribution in [0.3, 0.4) is 0 Å². The number of nitrogens with one attached hydrogen (secondary N) is 3. The van der Waals surface area contributed by atoms with Crippen LogP contribution < -0.4 is 33.2 Å². The number of carboxylic acids is 1. The molecule has 0 aliphatic heterocycles. The van der Waals surface area contributed by atoms with Crippen LogP contribution in [0.4, 0.5) is 0 Å². The number of guanidine groups is 1. The van der Waals surface area contributed by atoms with Gasteiger partial charge >= 0.3 is 5.97 Å². The molecule has 1 rings (SSSR count). The number of nitrogens with two attached hydrogens (primary N) is 3. The van der Waals surface area contributed by atoms with E-state index in [1.165, 1.54) is 6.92 Å². The summed E-state index contributed by atoms with van der Waals surface area (Å²) in [5, 5.41) is 17.4. The molecule has 1 aromatic carbocycles. The van der Waals surface area contributed by atoms with Gasteiger partial charge in [-0.2, -0.15) is 0 Å². The summed E-state index contributed by atoms with van der Waals surface area (Å²) in [4.78, 5) is 54.2. The van der Waals surface area contributed by atoms with Crippen LogP contribution in [0.2, 0.25) is 0 Å². The molecule has 5 atom stereocenters. The van der Waals surface area contributed by atoms with Gasteiger partial charge in [0.2, 0.25) is 17.7 Å². The number of carbonyl (C=O) groups excluding carboxylic acids is 3. The zero-order valence-electron chi connectivity index (χ0n) is 21.1. The molecule has 36 heavy (non-hydrogen) atoms. The van der Waals surface area contributed by atoms with Crippen LogP contribution in [0.1, 0.15) is 45.6 Å². The Morgan fingerprint density at radius 1 is 0.944 bits per heavy atom.